The number of hydrogen-bond acceptors (Lipinski definition) is 2. The fourth-order valence-corrected chi connectivity index (χ4v) is 2.23. The van der Waals surface area contributed by atoms with Crippen molar-refractivity contribution >= 4 is 5.69 Å². The lowest BCUT2D eigenvalue weighted by atomic mass is 10.0. The van der Waals surface area contributed by atoms with Crippen LogP contribution in [0.3, 0.4) is 0 Å². The van der Waals surface area contributed by atoms with E-state index >= 15 is 0 Å². The third-order valence-electron chi connectivity index (χ3n) is 3.65. The van der Waals surface area contributed by atoms with E-state index in [1.807, 2.05) is 13.8 Å². The lowest BCUT2D eigenvalue weighted by molar-refractivity contribution is -0.137. The monoisotopic (exact) mass is 302 g/mol. The SMILES string of the molecule is CCCCN(C)c1ccc(CC(N)CC)cc1C(F)(F)F. The van der Waals surface area contributed by atoms with E-state index in [0.717, 1.165) is 19.3 Å². The minimum atomic E-state index is -4.35. The van der Waals surface area contributed by atoms with E-state index in [-0.39, 0.29) is 11.7 Å². The molecule has 1 atom stereocenters. The Kier molecular flexibility index (Phi) is 6.52. The van der Waals surface area contributed by atoms with E-state index in [9.17, 15) is 13.2 Å². The maximum atomic E-state index is 13.3. The second-order valence-corrected chi connectivity index (χ2v) is 5.50. The van der Waals surface area contributed by atoms with Gasteiger partial charge in [0.2, 0.25) is 0 Å². The third kappa shape index (κ3) is 5.23. The highest BCUT2D eigenvalue weighted by atomic mass is 19.4. The molecule has 0 amide bonds. The Morgan fingerprint density at radius 1 is 1.24 bits per heavy atom. The molecule has 120 valence electrons. The molecule has 0 heterocycles. The van der Waals surface area contributed by atoms with Gasteiger partial charge in [-0.15, -0.1) is 0 Å². The van der Waals surface area contributed by atoms with Gasteiger partial charge in [0.05, 0.1) is 5.56 Å². The van der Waals surface area contributed by atoms with Gasteiger partial charge >= 0.3 is 6.18 Å². The molecule has 5 heteroatoms. The van der Waals surface area contributed by atoms with E-state index < -0.39 is 11.7 Å². The van der Waals surface area contributed by atoms with Gasteiger partial charge in [0.1, 0.15) is 0 Å². The van der Waals surface area contributed by atoms with Crippen molar-refractivity contribution in [1.82, 2.24) is 0 Å². The molecular formula is C16H25F3N2. The number of benzene rings is 1. The van der Waals surface area contributed by atoms with E-state index in [4.69, 9.17) is 5.73 Å². The number of halogens is 3. The fraction of sp³-hybridized carbons (Fsp3) is 0.625. The molecule has 0 aromatic heterocycles. The molecule has 0 saturated heterocycles. The summed E-state index contributed by atoms with van der Waals surface area (Å²) >= 11 is 0. The van der Waals surface area contributed by atoms with Gasteiger partial charge in [-0.3, -0.25) is 0 Å². The standard InChI is InChI=1S/C16H25F3N2/c1-4-6-9-21(3)15-8-7-12(10-13(20)5-2)11-14(15)16(17,18)19/h7-8,11,13H,4-6,9-10,20H2,1-3H3. The number of nitrogens with two attached hydrogens (primary N) is 1. The molecule has 0 fully saturated rings. The van der Waals surface area contributed by atoms with Crippen molar-refractivity contribution in [3.63, 3.8) is 0 Å². The minimum Gasteiger partial charge on any atom is -0.374 e. The molecule has 0 bridgehead atoms. The Bertz CT molecular complexity index is 444. The molecule has 0 aliphatic heterocycles. The van der Waals surface area contributed by atoms with E-state index in [0.29, 0.717) is 18.5 Å². The second kappa shape index (κ2) is 7.69. The average Bonchev–Trinajstić information content (AvgIpc) is 2.43. The highest BCUT2D eigenvalue weighted by molar-refractivity contribution is 5.56. The van der Waals surface area contributed by atoms with Gasteiger partial charge in [-0.25, -0.2) is 0 Å². The van der Waals surface area contributed by atoms with Crippen LogP contribution in [-0.4, -0.2) is 19.6 Å². The van der Waals surface area contributed by atoms with Gasteiger partial charge in [0.15, 0.2) is 0 Å². The van der Waals surface area contributed by atoms with Crippen LogP contribution in [0.5, 0.6) is 0 Å². The predicted octanol–water partition coefficient (Wildman–Crippen LogP) is 4.22. The predicted molar refractivity (Wildman–Crippen MR) is 81.6 cm³/mol. The Balaban J connectivity index is 3.08. The highest BCUT2D eigenvalue weighted by Crippen LogP contribution is 2.37. The van der Waals surface area contributed by atoms with Crippen molar-refractivity contribution in [2.24, 2.45) is 5.73 Å². The molecule has 0 aliphatic rings. The quantitative estimate of drug-likeness (QED) is 0.817. The summed E-state index contributed by atoms with van der Waals surface area (Å²) in [6, 6.07) is 4.46. The normalized spacial score (nSPS) is 13.3. The van der Waals surface area contributed by atoms with E-state index in [1.54, 1.807) is 24.1 Å². The molecule has 0 radical (unpaired) electrons. The van der Waals surface area contributed by atoms with Crippen LogP contribution in [0.15, 0.2) is 18.2 Å². The van der Waals surface area contributed by atoms with Gasteiger partial charge in [-0.05, 0) is 37.0 Å². The summed E-state index contributed by atoms with van der Waals surface area (Å²) in [7, 11) is 1.71. The first kappa shape index (κ1) is 17.8. The van der Waals surface area contributed by atoms with Crippen LogP contribution in [0.2, 0.25) is 0 Å². The van der Waals surface area contributed by atoms with Crippen LogP contribution in [0.25, 0.3) is 0 Å². The molecule has 1 rings (SSSR count). The van der Waals surface area contributed by atoms with Crippen LogP contribution >= 0.6 is 0 Å². The van der Waals surface area contributed by atoms with E-state index in [2.05, 4.69) is 0 Å². The van der Waals surface area contributed by atoms with Crippen LogP contribution < -0.4 is 10.6 Å². The molecule has 2 N–H and O–H groups in total. The summed E-state index contributed by atoms with van der Waals surface area (Å²) in [5, 5.41) is 0. The molecule has 1 aromatic rings. The molecule has 1 aromatic carbocycles. The highest BCUT2D eigenvalue weighted by Gasteiger charge is 2.34. The number of hydrogen-bond donors (Lipinski definition) is 1. The largest absolute Gasteiger partial charge is 0.418 e. The maximum absolute atomic E-state index is 13.3. The maximum Gasteiger partial charge on any atom is 0.418 e. The van der Waals surface area contributed by atoms with Gasteiger partial charge in [-0.2, -0.15) is 13.2 Å². The number of anilines is 1. The summed E-state index contributed by atoms with van der Waals surface area (Å²) < 4.78 is 39.8. The van der Waals surface area contributed by atoms with Crippen molar-refractivity contribution in [1.29, 1.82) is 0 Å². The molecule has 2 nitrogen and oxygen atoms in total. The van der Waals surface area contributed by atoms with Crippen LogP contribution in [0.1, 0.15) is 44.2 Å². The van der Waals surface area contributed by atoms with E-state index in [1.165, 1.54) is 6.07 Å². The third-order valence-corrected chi connectivity index (χ3v) is 3.65. The number of alkyl halides is 3. The minimum absolute atomic E-state index is 0.102. The van der Waals surface area contributed by atoms with Crippen molar-refractivity contribution in [3.8, 4) is 0 Å². The molecular weight excluding hydrogens is 277 g/mol. The Hall–Kier alpha value is -1.23. The fourth-order valence-electron chi connectivity index (χ4n) is 2.23. The lowest BCUT2D eigenvalue weighted by Gasteiger charge is -2.24. The molecule has 0 aliphatic carbocycles. The number of rotatable bonds is 7. The van der Waals surface area contributed by atoms with Gasteiger partial charge in [-0.1, -0.05) is 26.3 Å². The first-order chi connectivity index (χ1) is 9.79. The zero-order valence-electron chi connectivity index (χ0n) is 13.0. The van der Waals surface area contributed by atoms with Crippen LogP contribution in [0, 0.1) is 0 Å². The van der Waals surface area contributed by atoms with Crippen molar-refractivity contribution in [2.45, 2.75) is 51.7 Å². The first-order valence-electron chi connectivity index (χ1n) is 7.46. The summed E-state index contributed by atoms with van der Waals surface area (Å²) in [4.78, 5) is 1.68. The van der Waals surface area contributed by atoms with Crippen LogP contribution in [0.4, 0.5) is 18.9 Å². The van der Waals surface area contributed by atoms with Crippen molar-refractivity contribution < 1.29 is 13.2 Å². The van der Waals surface area contributed by atoms with Gasteiger partial charge in [0.25, 0.3) is 0 Å². The Morgan fingerprint density at radius 3 is 2.43 bits per heavy atom. The summed E-state index contributed by atoms with van der Waals surface area (Å²) in [6.45, 7) is 4.57. The summed E-state index contributed by atoms with van der Waals surface area (Å²) in [5.41, 5.74) is 6.15. The second-order valence-electron chi connectivity index (χ2n) is 5.50. The molecule has 0 saturated carbocycles. The smallest absolute Gasteiger partial charge is 0.374 e. The zero-order chi connectivity index (χ0) is 16.0. The summed E-state index contributed by atoms with van der Waals surface area (Å²) in [6.07, 6.45) is -1.30. The lowest BCUT2D eigenvalue weighted by Crippen LogP contribution is -2.24. The van der Waals surface area contributed by atoms with Gasteiger partial charge in [0, 0.05) is 25.3 Å². The molecule has 1 unspecified atom stereocenters. The van der Waals surface area contributed by atoms with Crippen molar-refractivity contribution in [2.75, 3.05) is 18.5 Å². The molecule has 21 heavy (non-hydrogen) atoms. The average molecular weight is 302 g/mol. The first-order valence-corrected chi connectivity index (χ1v) is 7.46. The van der Waals surface area contributed by atoms with Crippen LogP contribution in [-0.2, 0) is 12.6 Å². The van der Waals surface area contributed by atoms with Gasteiger partial charge < -0.3 is 10.6 Å². The number of nitrogens with zero attached hydrogens (tertiary/aromatic N) is 1. The Morgan fingerprint density at radius 2 is 1.90 bits per heavy atom. The summed E-state index contributed by atoms with van der Waals surface area (Å²) in [5.74, 6) is 0. The molecule has 0 spiro atoms. The zero-order valence-corrected chi connectivity index (χ0v) is 13.0. The topological polar surface area (TPSA) is 29.3 Å². The van der Waals surface area contributed by atoms with Crippen molar-refractivity contribution in [3.05, 3.63) is 29.3 Å². The Labute approximate surface area is 125 Å². The number of unbranched alkanes of at least 4 members (excludes halogenated alkanes) is 1.